The summed E-state index contributed by atoms with van der Waals surface area (Å²) in [6, 6.07) is 0. The fourth-order valence-electron chi connectivity index (χ4n) is 4.97. The van der Waals surface area contributed by atoms with E-state index in [-0.39, 0.29) is 5.38 Å². The molecular formula is C15H23ClO. The van der Waals surface area contributed by atoms with Gasteiger partial charge >= 0.3 is 0 Å². The lowest BCUT2D eigenvalue weighted by atomic mass is 9.52. The standard InChI is InChI=1S/C15H23ClO/c1-8(2)9-4-5-15(3)7-11-10(6-12(9)15)14(17)13(11)16/h8-13H,4-7H2,1-3H3/t9-,10+,11-,12-,13?,15+/m0/s1. The van der Waals surface area contributed by atoms with E-state index < -0.39 is 0 Å². The van der Waals surface area contributed by atoms with Gasteiger partial charge in [0.25, 0.3) is 0 Å². The Kier molecular flexibility index (Phi) is 2.63. The van der Waals surface area contributed by atoms with Gasteiger partial charge in [0.15, 0.2) is 5.78 Å². The molecule has 0 aromatic heterocycles. The Morgan fingerprint density at radius 2 is 2.12 bits per heavy atom. The summed E-state index contributed by atoms with van der Waals surface area (Å²) >= 11 is 6.17. The lowest BCUT2D eigenvalue weighted by molar-refractivity contribution is -0.141. The van der Waals surface area contributed by atoms with Crippen molar-refractivity contribution in [3.05, 3.63) is 0 Å². The van der Waals surface area contributed by atoms with Gasteiger partial charge in [-0.15, -0.1) is 11.6 Å². The van der Waals surface area contributed by atoms with Crippen molar-refractivity contribution in [2.45, 2.75) is 51.8 Å². The molecule has 2 heteroatoms. The molecule has 0 N–H and O–H groups in total. The van der Waals surface area contributed by atoms with E-state index in [1.807, 2.05) is 0 Å². The number of halogens is 1. The summed E-state index contributed by atoms with van der Waals surface area (Å²) in [7, 11) is 0. The van der Waals surface area contributed by atoms with E-state index >= 15 is 0 Å². The van der Waals surface area contributed by atoms with Crippen molar-refractivity contribution in [3.8, 4) is 0 Å². The number of Topliss-reactive ketones (excluding diaryl/α,β-unsaturated/α-hetero) is 1. The van der Waals surface area contributed by atoms with Crippen molar-refractivity contribution in [3.63, 3.8) is 0 Å². The van der Waals surface area contributed by atoms with Crippen LogP contribution >= 0.6 is 11.6 Å². The van der Waals surface area contributed by atoms with Crippen molar-refractivity contribution in [1.82, 2.24) is 0 Å². The summed E-state index contributed by atoms with van der Waals surface area (Å²) in [6.45, 7) is 7.13. The number of ketones is 1. The zero-order valence-electron chi connectivity index (χ0n) is 11.1. The molecule has 3 aliphatic rings. The number of carbonyl (C=O) groups excluding carboxylic acids is 1. The Labute approximate surface area is 109 Å². The predicted molar refractivity (Wildman–Crippen MR) is 70.0 cm³/mol. The fourth-order valence-corrected chi connectivity index (χ4v) is 5.40. The summed E-state index contributed by atoms with van der Waals surface area (Å²) in [5.41, 5.74) is 0.476. The van der Waals surface area contributed by atoms with Crippen LogP contribution in [0.2, 0.25) is 0 Å². The van der Waals surface area contributed by atoms with Crippen molar-refractivity contribution < 1.29 is 4.79 Å². The zero-order valence-corrected chi connectivity index (χ0v) is 11.8. The molecule has 6 atom stereocenters. The quantitative estimate of drug-likeness (QED) is 0.649. The summed E-state index contributed by atoms with van der Waals surface area (Å²) in [4.78, 5) is 11.8. The Bertz CT molecular complexity index is 351. The van der Waals surface area contributed by atoms with E-state index in [4.69, 9.17) is 11.6 Å². The molecule has 3 rings (SSSR count). The van der Waals surface area contributed by atoms with E-state index in [1.165, 1.54) is 19.3 Å². The molecule has 0 saturated heterocycles. The van der Waals surface area contributed by atoms with Crippen LogP contribution in [0.25, 0.3) is 0 Å². The first kappa shape index (κ1) is 12.0. The lowest BCUT2D eigenvalue weighted by Crippen LogP contribution is -2.56. The number of alkyl halides is 1. The third kappa shape index (κ3) is 1.54. The average molecular weight is 255 g/mol. The number of rotatable bonds is 1. The molecule has 0 amide bonds. The smallest absolute Gasteiger partial charge is 0.154 e. The fraction of sp³-hybridized carbons (Fsp3) is 0.933. The molecule has 3 fully saturated rings. The normalized spacial score (nSPS) is 53.2. The molecular weight excluding hydrogens is 232 g/mol. The topological polar surface area (TPSA) is 17.1 Å². The van der Waals surface area contributed by atoms with Crippen molar-refractivity contribution >= 4 is 17.4 Å². The average Bonchev–Trinajstić information content (AvgIpc) is 2.63. The first-order chi connectivity index (χ1) is 7.94. The van der Waals surface area contributed by atoms with Gasteiger partial charge in [-0.25, -0.2) is 0 Å². The SMILES string of the molecule is CC(C)[C@@H]1CC[C@]2(C)C[C@@H]3C(Cl)C(=O)[C@@H]3C[C@@H]12. The summed E-state index contributed by atoms with van der Waals surface area (Å²) < 4.78 is 0. The van der Waals surface area contributed by atoms with Crippen LogP contribution in [0.3, 0.4) is 0 Å². The molecule has 0 bridgehead atoms. The van der Waals surface area contributed by atoms with Crippen LogP contribution in [0.4, 0.5) is 0 Å². The molecule has 1 unspecified atom stereocenters. The zero-order chi connectivity index (χ0) is 12.4. The first-order valence-electron chi connectivity index (χ1n) is 7.12. The molecule has 0 aromatic carbocycles. The Balaban J connectivity index is 1.83. The van der Waals surface area contributed by atoms with Crippen LogP contribution in [-0.2, 0) is 4.79 Å². The molecule has 0 heterocycles. The number of carbonyl (C=O) groups is 1. The predicted octanol–water partition coefficient (Wildman–Crippen LogP) is 3.89. The molecule has 3 saturated carbocycles. The number of fused-ring (bicyclic) bond motifs is 2. The van der Waals surface area contributed by atoms with Gasteiger partial charge in [-0.2, -0.15) is 0 Å². The largest absolute Gasteiger partial charge is 0.298 e. The van der Waals surface area contributed by atoms with Crippen molar-refractivity contribution in [2.75, 3.05) is 0 Å². The maximum atomic E-state index is 11.8. The second-order valence-corrected chi connectivity index (χ2v) is 7.69. The van der Waals surface area contributed by atoms with Gasteiger partial charge in [0, 0.05) is 5.92 Å². The van der Waals surface area contributed by atoms with Crippen LogP contribution in [0.5, 0.6) is 0 Å². The molecule has 96 valence electrons. The van der Waals surface area contributed by atoms with E-state index in [0.717, 1.165) is 24.2 Å². The van der Waals surface area contributed by atoms with Gasteiger partial charge in [0.2, 0.25) is 0 Å². The minimum absolute atomic E-state index is 0.157. The molecule has 0 spiro atoms. The third-order valence-electron chi connectivity index (χ3n) is 6.06. The minimum Gasteiger partial charge on any atom is -0.298 e. The van der Waals surface area contributed by atoms with Crippen LogP contribution in [0, 0.1) is 35.0 Å². The second kappa shape index (κ2) is 3.73. The second-order valence-electron chi connectivity index (χ2n) is 7.22. The van der Waals surface area contributed by atoms with E-state index in [0.29, 0.717) is 23.0 Å². The number of hydrogen-bond donors (Lipinski definition) is 0. The Morgan fingerprint density at radius 3 is 2.76 bits per heavy atom. The Morgan fingerprint density at radius 1 is 1.41 bits per heavy atom. The molecule has 1 nitrogen and oxygen atoms in total. The van der Waals surface area contributed by atoms with Gasteiger partial charge in [0.1, 0.15) is 0 Å². The highest BCUT2D eigenvalue weighted by molar-refractivity contribution is 6.34. The van der Waals surface area contributed by atoms with Crippen molar-refractivity contribution in [2.24, 2.45) is 35.0 Å². The molecule has 0 radical (unpaired) electrons. The highest BCUT2D eigenvalue weighted by atomic mass is 35.5. The van der Waals surface area contributed by atoms with E-state index in [1.54, 1.807) is 0 Å². The molecule has 3 aliphatic carbocycles. The highest BCUT2D eigenvalue weighted by Gasteiger charge is 2.60. The summed E-state index contributed by atoms with van der Waals surface area (Å²) in [5.74, 6) is 3.53. The Hall–Kier alpha value is -0.0400. The van der Waals surface area contributed by atoms with Crippen LogP contribution in [-0.4, -0.2) is 11.2 Å². The van der Waals surface area contributed by atoms with E-state index in [9.17, 15) is 4.79 Å². The monoisotopic (exact) mass is 254 g/mol. The van der Waals surface area contributed by atoms with E-state index in [2.05, 4.69) is 20.8 Å². The maximum Gasteiger partial charge on any atom is 0.154 e. The van der Waals surface area contributed by atoms with Gasteiger partial charge < -0.3 is 0 Å². The van der Waals surface area contributed by atoms with Crippen LogP contribution < -0.4 is 0 Å². The van der Waals surface area contributed by atoms with Gasteiger partial charge in [0.05, 0.1) is 5.38 Å². The molecule has 0 aromatic rings. The van der Waals surface area contributed by atoms with Gasteiger partial charge in [-0.1, -0.05) is 20.8 Å². The van der Waals surface area contributed by atoms with Gasteiger partial charge in [-0.3, -0.25) is 4.79 Å². The number of hydrogen-bond acceptors (Lipinski definition) is 1. The lowest BCUT2D eigenvalue weighted by Gasteiger charge is -2.53. The highest BCUT2D eigenvalue weighted by Crippen LogP contribution is 2.62. The first-order valence-corrected chi connectivity index (χ1v) is 7.55. The summed E-state index contributed by atoms with van der Waals surface area (Å²) in [5, 5.41) is -0.157. The summed E-state index contributed by atoms with van der Waals surface area (Å²) in [6.07, 6.45) is 5.04. The minimum atomic E-state index is -0.157. The maximum absolute atomic E-state index is 11.8. The van der Waals surface area contributed by atoms with Crippen LogP contribution in [0.1, 0.15) is 46.5 Å². The van der Waals surface area contributed by atoms with Gasteiger partial charge in [-0.05, 0) is 54.8 Å². The molecule has 0 aliphatic heterocycles. The van der Waals surface area contributed by atoms with Crippen LogP contribution in [0.15, 0.2) is 0 Å². The van der Waals surface area contributed by atoms with Crippen molar-refractivity contribution in [1.29, 1.82) is 0 Å². The molecule has 17 heavy (non-hydrogen) atoms. The third-order valence-corrected chi connectivity index (χ3v) is 6.60.